The van der Waals surface area contributed by atoms with Crippen molar-refractivity contribution in [2.75, 3.05) is 23.4 Å². The molecular formula is C17H22N4O3. The Morgan fingerprint density at radius 1 is 1.46 bits per heavy atom. The summed E-state index contributed by atoms with van der Waals surface area (Å²) < 4.78 is 10.8. The summed E-state index contributed by atoms with van der Waals surface area (Å²) in [6, 6.07) is 7.73. The number of para-hydroxylation sites is 2. The number of nitrogens with zero attached hydrogens (tertiary/aromatic N) is 3. The van der Waals surface area contributed by atoms with Gasteiger partial charge in [0.1, 0.15) is 6.10 Å². The third-order valence-corrected chi connectivity index (χ3v) is 4.03. The number of ether oxygens (including phenoxy) is 1. The largest absolute Gasteiger partial charge is 0.371 e. The van der Waals surface area contributed by atoms with E-state index < -0.39 is 0 Å². The first-order valence-electron chi connectivity index (χ1n) is 8.17. The van der Waals surface area contributed by atoms with Crippen LogP contribution < -0.4 is 10.2 Å². The van der Waals surface area contributed by atoms with E-state index >= 15 is 0 Å². The summed E-state index contributed by atoms with van der Waals surface area (Å²) in [6.45, 7) is 7.35. The van der Waals surface area contributed by atoms with Crippen LogP contribution in [0, 0.1) is 5.92 Å². The second kappa shape index (κ2) is 7.00. The van der Waals surface area contributed by atoms with Crippen LogP contribution >= 0.6 is 0 Å². The second-order valence-electron chi connectivity index (χ2n) is 5.93. The summed E-state index contributed by atoms with van der Waals surface area (Å²) >= 11 is 0. The minimum absolute atomic E-state index is 0.0149. The predicted molar refractivity (Wildman–Crippen MR) is 89.6 cm³/mol. The third-order valence-electron chi connectivity index (χ3n) is 4.03. The highest BCUT2D eigenvalue weighted by atomic mass is 16.5. The molecule has 0 aliphatic carbocycles. The zero-order valence-corrected chi connectivity index (χ0v) is 14.2. The fourth-order valence-electron chi connectivity index (χ4n) is 2.76. The molecule has 2 aromatic rings. The van der Waals surface area contributed by atoms with Crippen molar-refractivity contribution in [3.63, 3.8) is 0 Å². The highest BCUT2D eigenvalue weighted by molar-refractivity contribution is 5.97. The molecule has 0 fully saturated rings. The molecule has 128 valence electrons. The number of aromatic nitrogens is 2. The number of hydrogen-bond donors (Lipinski definition) is 1. The van der Waals surface area contributed by atoms with Gasteiger partial charge in [-0.2, -0.15) is 4.98 Å². The van der Waals surface area contributed by atoms with Crippen LogP contribution in [0.25, 0.3) is 0 Å². The minimum Gasteiger partial charge on any atom is -0.371 e. The molecule has 2 atom stereocenters. The zero-order valence-electron chi connectivity index (χ0n) is 14.2. The normalized spacial score (nSPS) is 18.7. The molecule has 0 radical (unpaired) electrons. The van der Waals surface area contributed by atoms with E-state index in [0.29, 0.717) is 31.4 Å². The Morgan fingerprint density at radius 2 is 2.25 bits per heavy atom. The van der Waals surface area contributed by atoms with E-state index in [1.165, 1.54) is 0 Å². The molecule has 0 bridgehead atoms. The SMILES string of the molecule is CCO[C@H](C)c1noc(CN2C[C@@H](C)C(=O)Nc3ccccc32)n1. The number of carbonyl (C=O) groups excluding carboxylic acids is 1. The van der Waals surface area contributed by atoms with Gasteiger partial charge in [-0.3, -0.25) is 4.79 Å². The van der Waals surface area contributed by atoms with Gasteiger partial charge >= 0.3 is 0 Å². The number of fused-ring (bicyclic) bond motifs is 1. The van der Waals surface area contributed by atoms with Crippen LogP contribution in [-0.4, -0.2) is 29.2 Å². The van der Waals surface area contributed by atoms with Crippen LogP contribution in [0.15, 0.2) is 28.8 Å². The molecule has 1 N–H and O–H groups in total. The van der Waals surface area contributed by atoms with E-state index in [1.807, 2.05) is 45.0 Å². The lowest BCUT2D eigenvalue weighted by Crippen LogP contribution is -2.30. The van der Waals surface area contributed by atoms with Gasteiger partial charge in [-0.05, 0) is 26.0 Å². The molecule has 2 heterocycles. The average molecular weight is 330 g/mol. The van der Waals surface area contributed by atoms with Gasteiger partial charge in [-0.15, -0.1) is 0 Å². The molecule has 0 spiro atoms. The first-order valence-corrected chi connectivity index (χ1v) is 8.17. The highest BCUT2D eigenvalue weighted by Gasteiger charge is 2.26. The summed E-state index contributed by atoms with van der Waals surface area (Å²) in [5.41, 5.74) is 1.75. The number of amides is 1. The average Bonchev–Trinajstić information content (AvgIpc) is 2.99. The number of hydrogen-bond acceptors (Lipinski definition) is 6. The molecule has 1 amide bonds. The van der Waals surface area contributed by atoms with Gasteiger partial charge in [0, 0.05) is 13.2 Å². The summed E-state index contributed by atoms with van der Waals surface area (Å²) in [7, 11) is 0. The Balaban J connectivity index is 1.82. The molecule has 0 saturated carbocycles. The summed E-state index contributed by atoms with van der Waals surface area (Å²) in [5, 5.41) is 6.95. The minimum atomic E-state index is -0.203. The van der Waals surface area contributed by atoms with Gasteiger partial charge in [0.05, 0.1) is 23.8 Å². The summed E-state index contributed by atoms with van der Waals surface area (Å²) in [4.78, 5) is 18.6. The number of carbonyl (C=O) groups is 1. The molecule has 7 nitrogen and oxygen atoms in total. The van der Waals surface area contributed by atoms with Crippen molar-refractivity contribution < 1.29 is 14.1 Å². The lowest BCUT2D eigenvalue weighted by molar-refractivity contribution is -0.119. The maximum absolute atomic E-state index is 12.1. The van der Waals surface area contributed by atoms with Crippen molar-refractivity contribution in [3.8, 4) is 0 Å². The van der Waals surface area contributed by atoms with Crippen molar-refractivity contribution in [1.82, 2.24) is 10.1 Å². The Hall–Kier alpha value is -2.41. The van der Waals surface area contributed by atoms with E-state index in [9.17, 15) is 4.79 Å². The van der Waals surface area contributed by atoms with Gasteiger partial charge in [0.15, 0.2) is 5.82 Å². The number of anilines is 2. The predicted octanol–water partition coefficient (Wildman–Crippen LogP) is 2.76. The Bertz CT molecular complexity index is 715. The molecule has 1 aromatic carbocycles. The van der Waals surface area contributed by atoms with Gasteiger partial charge in [0.25, 0.3) is 0 Å². The second-order valence-corrected chi connectivity index (χ2v) is 5.93. The quantitative estimate of drug-likeness (QED) is 0.908. The van der Waals surface area contributed by atoms with Crippen molar-refractivity contribution in [2.24, 2.45) is 5.92 Å². The first-order chi connectivity index (χ1) is 11.6. The van der Waals surface area contributed by atoms with Crippen LogP contribution in [0.5, 0.6) is 0 Å². The first kappa shape index (κ1) is 16.4. The van der Waals surface area contributed by atoms with Crippen LogP contribution in [0.1, 0.15) is 38.6 Å². The van der Waals surface area contributed by atoms with E-state index in [2.05, 4.69) is 20.4 Å². The molecule has 0 saturated heterocycles. The van der Waals surface area contributed by atoms with Crippen LogP contribution in [0.2, 0.25) is 0 Å². The molecule has 1 aliphatic rings. The van der Waals surface area contributed by atoms with Crippen LogP contribution in [-0.2, 0) is 16.1 Å². The lowest BCUT2D eigenvalue weighted by Gasteiger charge is -2.23. The van der Waals surface area contributed by atoms with E-state index in [4.69, 9.17) is 9.26 Å². The molecule has 24 heavy (non-hydrogen) atoms. The number of rotatable bonds is 5. The Morgan fingerprint density at radius 3 is 3.04 bits per heavy atom. The van der Waals surface area contributed by atoms with Crippen molar-refractivity contribution in [1.29, 1.82) is 0 Å². The van der Waals surface area contributed by atoms with E-state index in [-0.39, 0.29) is 17.9 Å². The topological polar surface area (TPSA) is 80.5 Å². The fraction of sp³-hybridized carbons (Fsp3) is 0.471. The Labute approximate surface area is 141 Å². The summed E-state index contributed by atoms with van der Waals surface area (Å²) in [5.74, 6) is 0.924. The number of benzene rings is 1. The lowest BCUT2D eigenvalue weighted by atomic mass is 10.1. The summed E-state index contributed by atoms with van der Waals surface area (Å²) in [6.07, 6.45) is -0.203. The molecule has 3 rings (SSSR count). The molecule has 7 heteroatoms. The van der Waals surface area contributed by atoms with Gasteiger partial charge in [-0.25, -0.2) is 0 Å². The van der Waals surface area contributed by atoms with Gasteiger partial charge < -0.3 is 19.5 Å². The van der Waals surface area contributed by atoms with Crippen LogP contribution in [0.3, 0.4) is 0 Å². The van der Waals surface area contributed by atoms with E-state index in [0.717, 1.165) is 11.4 Å². The van der Waals surface area contributed by atoms with Crippen LogP contribution in [0.4, 0.5) is 11.4 Å². The van der Waals surface area contributed by atoms with Crippen molar-refractivity contribution in [3.05, 3.63) is 36.0 Å². The maximum Gasteiger partial charge on any atom is 0.246 e. The monoisotopic (exact) mass is 330 g/mol. The van der Waals surface area contributed by atoms with Crippen molar-refractivity contribution >= 4 is 17.3 Å². The van der Waals surface area contributed by atoms with E-state index in [1.54, 1.807) is 0 Å². The molecule has 1 aromatic heterocycles. The third kappa shape index (κ3) is 3.41. The van der Waals surface area contributed by atoms with Gasteiger partial charge in [-0.1, -0.05) is 24.2 Å². The number of nitrogens with one attached hydrogen (secondary N) is 1. The van der Waals surface area contributed by atoms with Gasteiger partial charge in [0.2, 0.25) is 11.8 Å². The maximum atomic E-state index is 12.1. The fourth-order valence-corrected chi connectivity index (χ4v) is 2.76. The zero-order chi connectivity index (χ0) is 17.1. The molecular weight excluding hydrogens is 308 g/mol. The Kier molecular flexibility index (Phi) is 4.80. The van der Waals surface area contributed by atoms with Crippen molar-refractivity contribution in [2.45, 2.75) is 33.4 Å². The highest BCUT2D eigenvalue weighted by Crippen LogP contribution is 2.30. The molecule has 0 unspecified atom stereocenters. The molecule has 1 aliphatic heterocycles. The smallest absolute Gasteiger partial charge is 0.246 e. The standard InChI is InChI=1S/C17H22N4O3/c1-4-23-12(3)16-19-15(24-20-16)10-21-9-11(2)17(22)18-13-7-5-6-8-14(13)21/h5-8,11-12H,4,9-10H2,1-3H3,(H,18,22)/t11-,12-/m1/s1.